The second-order valence-electron chi connectivity index (χ2n) is 4.97. The summed E-state index contributed by atoms with van der Waals surface area (Å²) in [5.41, 5.74) is 3.51. The van der Waals surface area contributed by atoms with Crippen molar-refractivity contribution in [2.24, 2.45) is 0 Å². The Labute approximate surface area is 117 Å². The lowest BCUT2D eigenvalue weighted by atomic mass is 10.2. The summed E-state index contributed by atoms with van der Waals surface area (Å²) in [6.07, 6.45) is 0. The topological polar surface area (TPSA) is 42.2 Å². The van der Waals surface area contributed by atoms with Gasteiger partial charge in [-0.25, -0.2) is 4.79 Å². The number of carboxylic acid groups (broad SMARTS) is 1. The molecular formula is C17H15NO2. The Morgan fingerprint density at radius 3 is 2.55 bits per heavy atom. The third-order valence-electron chi connectivity index (χ3n) is 3.46. The molecule has 3 rings (SSSR count). The van der Waals surface area contributed by atoms with Crippen LogP contribution in [-0.2, 0) is 6.54 Å². The summed E-state index contributed by atoms with van der Waals surface area (Å²) in [7, 11) is 0. The quantitative estimate of drug-likeness (QED) is 0.784. The van der Waals surface area contributed by atoms with Crippen LogP contribution in [0.3, 0.4) is 0 Å². The highest BCUT2D eigenvalue weighted by Gasteiger charge is 2.14. The lowest BCUT2D eigenvalue weighted by Crippen LogP contribution is -2.09. The highest BCUT2D eigenvalue weighted by molar-refractivity contribution is 5.94. The first kappa shape index (κ1) is 12.5. The minimum Gasteiger partial charge on any atom is -0.477 e. The molecule has 20 heavy (non-hydrogen) atoms. The van der Waals surface area contributed by atoms with Gasteiger partial charge in [-0.15, -0.1) is 0 Å². The van der Waals surface area contributed by atoms with Crippen LogP contribution in [0, 0.1) is 6.92 Å². The summed E-state index contributed by atoms with van der Waals surface area (Å²) < 4.78 is 1.85. The van der Waals surface area contributed by atoms with Gasteiger partial charge in [0.15, 0.2) is 0 Å². The van der Waals surface area contributed by atoms with Crippen molar-refractivity contribution in [2.45, 2.75) is 13.5 Å². The maximum absolute atomic E-state index is 11.4. The van der Waals surface area contributed by atoms with Gasteiger partial charge in [-0.05, 0) is 30.7 Å². The SMILES string of the molecule is Cc1ccc2c(c1)cc(C(=O)O)n2Cc1ccccc1. The maximum Gasteiger partial charge on any atom is 0.352 e. The third-order valence-corrected chi connectivity index (χ3v) is 3.46. The number of aromatic nitrogens is 1. The number of carbonyl (C=O) groups is 1. The average molecular weight is 265 g/mol. The summed E-state index contributed by atoms with van der Waals surface area (Å²) in [4.78, 5) is 11.4. The zero-order valence-corrected chi connectivity index (χ0v) is 11.2. The first-order valence-electron chi connectivity index (χ1n) is 6.52. The summed E-state index contributed by atoms with van der Waals surface area (Å²) >= 11 is 0. The van der Waals surface area contributed by atoms with Gasteiger partial charge in [0.2, 0.25) is 0 Å². The molecule has 1 heterocycles. The zero-order chi connectivity index (χ0) is 14.1. The fourth-order valence-corrected chi connectivity index (χ4v) is 2.50. The number of hydrogen-bond donors (Lipinski definition) is 1. The van der Waals surface area contributed by atoms with Gasteiger partial charge in [0, 0.05) is 17.4 Å². The van der Waals surface area contributed by atoms with E-state index < -0.39 is 5.97 Å². The van der Waals surface area contributed by atoms with E-state index in [2.05, 4.69) is 0 Å². The van der Waals surface area contributed by atoms with Gasteiger partial charge in [0.05, 0.1) is 0 Å². The van der Waals surface area contributed by atoms with Crippen LogP contribution in [0.5, 0.6) is 0 Å². The fraction of sp³-hybridized carbons (Fsp3) is 0.118. The van der Waals surface area contributed by atoms with Crippen molar-refractivity contribution in [3.8, 4) is 0 Å². The van der Waals surface area contributed by atoms with Crippen LogP contribution in [0.1, 0.15) is 21.6 Å². The van der Waals surface area contributed by atoms with E-state index in [-0.39, 0.29) is 0 Å². The van der Waals surface area contributed by atoms with E-state index in [4.69, 9.17) is 0 Å². The molecule has 0 aliphatic heterocycles. The molecule has 3 aromatic rings. The number of fused-ring (bicyclic) bond motifs is 1. The normalized spacial score (nSPS) is 10.8. The number of aryl methyl sites for hydroxylation is 1. The Morgan fingerprint density at radius 2 is 1.85 bits per heavy atom. The molecule has 0 saturated heterocycles. The highest BCUT2D eigenvalue weighted by Crippen LogP contribution is 2.22. The monoisotopic (exact) mass is 265 g/mol. The van der Waals surface area contributed by atoms with Gasteiger partial charge in [0.25, 0.3) is 0 Å². The summed E-state index contributed by atoms with van der Waals surface area (Å²) in [5.74, 6) is -0.894. The van der Waals surface area contributed by atoms with E-state index in [1.807, 2.05) is 60.0 Å². The Hall–Kier alpha value is -2.55. The first-order chi connectivity index (χ1) is 9.65. The van der Waals surface area contributed by atoms with Gasteiger partial charge >= 0.3 is 5.97 Å². The second-order valence-corrected chi connectivity index (χ2v) is 4.97. The van der Waals surface area contributed by atoms with Gasteiger partial charge < -0.3 is 9.67 Å². The molecule has 0 fully saturated rings. The predicted molar refractivity (Wildman–Crippen MR) is 79.2 cm³/mol. The second kappa shape index (κ2) is 4.85. The summed E-state index contributed by atoms with van der Waals surface area (Å²) in [5, 5.41) is 10.4. The molecule has 100 valence electrons. The number of hydrogen-bond acceptors (Lipinski definition) is 1. The van der Waals surface area contributed by atoms with E-state index in [1.165, 1.54) is 0 Å². The van der Waals surface area contributed by atoms with Gasteiger partial charge in [0.1, 0.15) is 5.69 Å². The van der Waals surface area contributed by atoms with Crippen LogP contribution in [-0.4, -0.2) is 15.6 Å². The Kier molecular flexibility index (Phi) is 3.03. The maximum atomic E-state index is 11.4. The van der Waals surface area contributed by atoms with E-state index in [0.29, 0.717) is 12.2 Å². The molecule has 0 atom stereocenters. The van der Waals surface area contributed by atoms with Crippen LogP contribution in [0.2, 0.25) is 0 Å². The van der Waals surface area contributed by atoms with Crippen LogP contribution < -0.4 is 0 Å². The third kappa shape index (κ3) is 2.18. The summed E-state index contributed by atoms with van der Waals surface area (Å²) in [6, 6.07) is 17.7. The number of benzene rings is 2. The number of carboxylic acids is 1. The molecular weight excluding hydrogens is 250 g/mol. The zero-order valence-electron chi connectivity index (χ0n) is 11.2. The molecule has 2 aromatic carbocycles. The standard InChI is InChI=1S/C17H15NO2/c1-12-7-8-15-14(9-12)10-16(17(19)20)18(15)11-13-5-3-2-4-6-13/h2-10H,11H2,1H3,(H,19,20). The molecule has 1 aromatic heterocycles. The molecule has 0 saturated carbocycles. The van der Waals surface area contributed by atoms with E-state index in [0.717, 1.165) is 22.0 Å². The Morgan fingerprint density at radius 1 is 1.10 bits per heavy atom. The smallest absolute Gasteiger partial charge is 0.352 e. The number of aromatic carboxylic acids is 1. The van der Waals surface area contributed by atoms with Crippen molar-refractivity contribution in [1.82, 2.24) is 4.57 Å². The van der Waals surface area contributed by atoms with Crippen molar-refractivity contribution in [3.63, 3.8) is 0 Å². The lowest BCUT2D eigenvalue weighted by molar-refractivity contribution is 0.0686. The molecule has 0 aliphatic rings. The van der Waals surface area contributed by atoms with Crippen molar-refractivity contribution >= 4 is 16.9 Å². The molecule has 1 N–H and O–H groups in total. The molecule has 0 amide bonds. The van der Waals surface area contributed by atoms with Crippen molar-refractivity contribution in [3.05, 3.63) is 71.4 Å². The van der Waals surface area contributed by atoms with Crippen molar-refractivity contribution < 1.29 is 9.90 Å². The molecule has 0 aliphatic carbocycles. The first-order valence-corrected chi connectivity index (χ1v) is 6.52. The van der Waals surface area contributed by atoms with Crippen molar-refractivity contribution in [1.29, 1.82) is 0 Å². The average Bonchev–Trinajstić information content (AvgIpc) is 2.78. The van der Waals surface area contributed by atoms with Crippen LogP contribution in [0.25, 0.3) is 10.9 Å². The van der Waals surface area contributed by atoms with Crippen LogP contribution >= 0.6 is 0 Å². The Balaban J connectivity index is 2.16. The molecule has 3 nitrogen and oxygen atoms in total. The number of rotatable bonds is 3. The van der Waals surface area contributed by atoms with Crippen LogP contribution in [0.15, 0.2) is 54.6 Å². The lowest BCUT2D eigenvalue weighted by Gasteiger charge is -2.08. The molecule has 0 unspecified atom stereocenters. The summed E-state index contributed by atoms with van der Waals surface area (Å²) in [6.45, 7) is 2.57. The minimum absolute atomic E-state index is 0.328. The van der Waals surface area contributed by atoms with Crippen LogP contribution in [0.4, 0.5) is 0 Å². The largest absolute Gasteiger partial charge is 0.477 e. The molecule has 0 spiro atoms. The Bertz CT molecular complexity index is 772. The predicted octanol–water partition coefficient (Wildman–Crippen LogP) is 3.70. The number of nitrogens with zero attached hydrogens (tertiary/aromatic N) is 1. The fourth-order valence-electron chi connectivity index (χ4n) is 2.50. The van der Waals surface area contributed by atoms with Gasteiger partial charge in [-0.2, -0.15) is 0 Å². The van der Waals surface area contributed by atoms with E-state index >= 15 is 0 Å². The molecule has 0 bridgehead atoms. The van der Waals surface area contributed by atoms with E-state index in [1.54, 1.807) is 6.07 Å². The molecule has 0 radical (unpaired) electrons. The van der Waals surface area contributed by atoms with Gasteiger partial charge in [-0.1, -0.05) is 42.0 Å². The minimum atomic E-state index is -0.894. The van der Waals surface area contributed by atoms with Gasteiger partial charge in [-0.3, -0.25) is 0 Å². The highest BCUT2D eigenvalue weighted by atomic mass is 16.4. The molecule has 3 heteroatoms. The van der Waals surface area contributed by atoms with E-state index in [9.17, 15) is 9.90 Å². The van der Waals surface area contributed by atoms with Crippen molar-refractivity contribution in [2.75, 3.05) is 0 Å².